The van der Waals surface area contributed by atoms with Crippen molar-refractivity contribution in [2.75, 3.05) is 0 Å². The van der Waals surface area contributed by atoms with E-state index in [9.17, 15) is 9.59 Å². The molecule has 3 N–H and O–H groups in total. The van der Waals surface area contributed by atoms with Crippen LogP contribution in [0, 0.1) is 0 Å². The second-order valence-corrected chi connectivity index (χ2v) is 4.35. The van der Waals surface area contributed by atoms with E-state index in [2.05, 4.69) is 15.8 Å². The molecule has 110 valence electrons. The summed E-state index contributed by atoms with van der Waals surface area (Å²) in [4.78, 5) is 22.4. The van der Waals surface area contributed by atoms with Crippen molar-refractivity contribution >= 4 is 12.0 Å². The number of hydrogen-bond donors (Lipinski definition) is 3. The van der Waals surface area contributed by atoms with Crippen LogP contribution < -0.4 is 10.6 Å². The first-order chi connectivity index (χ1) is 10.1. The second kappa shape index (κ2) is 7.09. The molecule has 2 aromatic rings. The number of hydrogen-bond acceptors (Lipinski definition) is 4. The average molecular weight is 289 g/mol. The van der Waals surface area contributed by atoms with E-state index in [0.717, 1.165) is 5.56 Å². The maximum atomic E-state index is 11.6. The molecule has 0 aliphatic heterocycles. The molecule has 0 aliphatic rings. The number of aromatic nitrogens is 1. The van der Waals surface area contributed by atoms with E-state index < -0.39 is 5.97 Å². The third-order valence-corrected chi connectivity index (χ3v) is 2.81. The van der Waals surface area contributed by atoms with Gasteiger partial charge in [-0.25, -0.2) is 4.79 Å². The molecule has 1 aromatic carbocycles. The Morgan fingerprint density at radius 2 is 1.81 bits per heavy atom. The zero-order valence-electron chi connectivity index (χ0n) is 11.2. The number of nitrogens with zero attached hydrogens (tertiary/aromatic N) is 1. The quantitative estimate of drug-likeness (QED) is 0.743. The van der Waals surface area contributed by atoms with Crippen LogP contribution in [0.5, 0.6) is 0 Å². The normalized spacial score (nSPS) is 10.1. The highest BCUT2D eigenvalue weighted by Crippen LogP contribution is 2.09. The highest BCUT2D eigenvalue weighted by molar-refractivity contribution is 5.74. The van der Waals surface area contributed by atoms with E-state index in [-0.39, 0.29) is 25.5 Å². The molecule has 2 amide bonds. The van der Waals surface area contributed by atoms with Gasteiger partial charge < -0.3 is 20.3 Å². The maximum absolute atomic E-state index is 11.6. The van der Waals surface area contributed by atoms with Crippen LogP contribution in [0.2, 0.25) is 0 Å². The summed E-state index contributed by atoms with van der Waals surface area (Å²) >= 11 is 0. The fourth-order valence-electron chi connectivity index (χ4n) is 1.80. The number of carbonyl (C=O) groups excluding carboxylic acids is 1. The average Bonchev–Trinajstić information content (AvgIpc) is 2.97. The minimum atomic E-state index is -0.905. The van der Waals surface area contributed by atoms with Gasteiger partial charge in [0.25, 0.3) is 0 Å². The van der Waals surface area contributed by atoms with Gasteiger partial charge in [0, 0.05) is 12.6 Å². The number of aliphatic carboxylic acids is 1. The molecule has 0 saturated carbocycles. The van der Waals surface area contributed by atoms with Gasteiger partial charge in [0.05, 0.1) is 19.2 Å². The third kappa shape index (κ3) is 4.64. The van der Waals surface area contributed by atoms with E-state index >= 15 is 0 Å². The number of urea groups is 1. The molecule has 0 saturated heterocycles. The van der Waals surface area contributed by atoms with Crippen LogP contribution in [0.4, 0.5) is 4.79 Å². The molecule has 0 radical (unpaired) electrons. The summed E-state index contributed by atoms with van der Waals surface area (Å²) in [6, 6.07) is 8.38. The third-order valence-electron chi connectivity index (χ3n) is 2.81. The zero-order valence-corrected chi connectivity index (χ0v) is 11.2. The predicted molar refractivity (Wildman–Crippen MR) is 73.4 cm³/mol. The van der Waals surface area contributed by atoms with Gasteiger partial charge in [-0.1, -0.05) is 29.4 Å². The SMILES string of the molecule is O=C(O)Cc1ccccc1CNC(=O)NCc1ccno1. The Morgan fingerprint density at radius 3 is 2.48 bits per heavy atom. The summed E-state index contributed by atoms with van der Waals surface area (Å²) in [6.45, 7) is 0.494. The number of carboxylic acid groups (broad SMARTS) is 1. The number of nitrogens with one attached hydrogen (secondary N) is 2. The fraction of sp³-hybridized carbons (Fsp3) is 0.214. The van der Waals surface area contributed by atoms with Crippen molar-refractivity contribution in [2.24, 2.45) is 0 Å². The van der Waals surface area contributed by atoms with Crippen molar-refractivity contribution < 1.29 is 19.2 Å². The smallest absolute Gasteiger partial charge is 0.315 e. The molecular weight excluding hydrogens is 274 g/mol. The minimum Gasteiger partial charge on any atom is -0.481 e. The number of amides is 2. The number of rotatable bonds is 6. The molecule has 0 spiro atoms. The van der Waals surface area contributed by atoms with Gasteiger partial charge in [-0.15, -0.1) is 0 Å². The Morgan fingerprint density at radius 1 is 1.10 bits per heavy atom. The van der Waals surface area contributed by atoms with Gasteiger partial charge >= 0.3 is 12.0 Å². The lowest BCUT2D eigenvalue weighted by Gasteiger charge is -2.09. The molecule has 0 unspecified atom stereocenters. The summed E-state index contributed by atoms with van der Waals surface area (Å²) in [6.07, 6.45) is 1.43. The second-order valence-electron chi connectivity index (χ2n) is 4.35. The first kappa shape index (κ1) is 14.6. The van der Waals surface area contributed by atoms with E-state index in [1.165, 1.54) is 6.20 Å². The van der Waals surface area contributed by atoms with Crippen LogP contribution in [-0.2, 0) is 24.3 Å². The molecule has 0 atom stereocenters. The highest BCUT2D eigenvalue weighted by Gasteiger charge is 2.08. The molecule has 0 fully saturated rings. The van der Waals surface area contributed by atoms with Crippen LogP contribution in [0.25, 0.3) is 0 Å². The summed E-state index contributed by atoms with van der Waals surface area (Å²) in [5, 5.41) is 17.7. The number of carbonyl (C=O) groups is 2. The highest BCUT2D eigenvalue weighted by atomic mass is 16.5. The van der Waals surface area contributed by atoms with Crippen LogP contribution in [0.3, 0.4) is 0 Å². The van der Waals surface area contributed by atoms with E-state index in [1.54, 1.807) is 30.3 Å². The molecule has 0 bridgehead atoms. The number of benzene rings is 1. The minimum absolute atomic E-state index is 0.0719. The summed E-state index contributed by atoms with van der Waals surface area (Å²) in [5.41, 5.74) is 1.45. The Hall–Kier alpha value is -2.83. The monoisotopic (exact) mass is 289 g/mol. The maximum Gasteiger partial charge on any atom is 0.315 e. The van der Waals surface area contributed by atoms with Crippen LogP contribution >= 0.6 is 0 Å². The van der Waals surface area contributed by atoms with Gasteiger partial charge in [-0.05, 0) is 11.1 Å². The summed E-state index contributed by atoms with van der Waals surface area (Å²) in [5.74, 6) is -0.353. The van der Waals surface area contributed by atoms with E-state index in [4.69, 9.17) is 9.63 Å². The molecule has 7 heteroatoms. The molecular formula is C14H15N3O4. The van der Waals surface area contributed by atoms with Gasteiger partial charge in [0.2, 0.25) is 0 Å². The molecule has 7 nitrogen and oxygen atoms in total. The van der Waals surface area contributed by atoms with Crippen molar-refractivity contribution in [1.82, 2.24) is 15.8 Å². The topological polar surface area (TPSA) is 104 Å². The first-order valence-electron chi connectivity index (χ1n) is 6.35. The van der Waals surface area contributed by atoms with Crippen molar-refractivity contribution in [3.63, 3.8) is 0 Å². The Kier molecular flexibility index (Phi) is 4.92. The Bertz CT molecular complexity index is 610. The van der Waals surface area contributed by atoms with Gasteiger partial charge in [0.1, 0.15) is 0 Å². The largest absolute Gasteiger partial charge is 0.481 e. The lowest BCUT2D eigenvalue weighted by atomic mass is 10.0. The molecule has 0 aliphatic carbocycles. The predicted octanol–water partition coefficient (Wildman–Crippen LogP) is 1.30. The van der Waals surface area contributed by atoms with E-state index in [1.807, 2.05) is 0 Å². The molecule has 2 rings (SSSR count). The summed E-state index contributed by atoms with van der Waals surface area (Å²) in [7, 11) is 0. The lowest BCUT2D eigenvalue weighted by Crippen LogP contribution is -2.34. The first-order valence-corrected chi connectivity index (χ1v) is 6.35. The lowest BCUT2D eigenvalue weighted by molar-refractivity contribution is -0.136. The van der Waals surface area contributed by atoms with Crippen molar-refractivity contribution in [3.8, 4) is 0 Å². The van der Waals surface area contributed by atoms with Crippen molar-refractivity contribution in [3.05, 3.63) is 53.4 Å². The van der Waals surface area contributed by atoms with Gasteiger partial charge in [-0.2, -0.15) is 0 Å². The molecule has 1 heterocycles. The zero-order chi connectivity index (χ0) is 15.1. The van der Waals surface area contributed by atoms with Crippen molar-refractivity contribution in [2.45, 2.75) is 19.5 Å². The fourth-order valence-corrected chi connectivity index (χ4v) is 1.80. The van der Waals surface area contributed by atoms with Gasteiger partial charge in [0.15, 0.2) is 5.76 Å². The van der Waals surface area contributed by atoms with Crippen LogP contribution in [0.1, 0.15) is 16.9 Å². The Balaban J connectivity index is 1.84. The van der Waals surface area contributed by atoms with E-state index in [0.29, 0.717) is 11.3 Å². The molecule has 1 aromatic heterocycles. The van der Waals surface area contributed by atoms with Gasteiger partial charge in [-0.3, -0.25) is 4.79 Å². The number of carboxylic acids is 1. The van der Waals surface area contributed by atoms with Crippen LogP contribution in [0.15, 0.2) is 41.1 Å². The standard InChI is InChI=1S/C14H15N3O4/c18-13(19)7-10-3-1-2-4-11(10)8-15-14(20)16-9-12-5-6-17-21-12/h1-6H,7-9H2,(H,18,19)(H2,15,16,20). The van der Waals surface area contributed by atoms with Crippen LogP contribution in [-0.4, -0.2) is 22.3 Å². The van der Waals surface area contributed by atoms with Crippen molar-refractivity contribution in [1.29, 1.82) is 0 Å². The summed E-state index contributed by atoms with van der Waals surface area (Å²) < 4.78 is 4.85. The molecule has 21 heavy (non-hydrogen) atoms. The Labute approximate surface area is 120 Å².